The number of carbonyl (C=O) groups is 3. The third kappa shape index (κ3) is 8.65. The van der Waals surface area contributed by atoms with Crippen molar-refractivity contribution in [2.45, 2.75) is 97.2 Å². The van der Waals surface area contributed by atoms with Gasteiger partial charge in [-0.25, -0.2) is 0 Å². The Morgan fingerprint density at radius 3 is 1.18 bits per heavy atom. The van der Waals surface area contributed by atoms with Crippen LogP contribution in [0, 0.1) is 17.8 Å². The predicted molar refractivity (Wildman–Crippen MR) is 151 cm³/mol. The van der Waals surface area contributed by atoms with Crippen LogP contribution in [0.4, 0.5) is 0 Å². The van der Waals surface area contributed by atoms with Gasteiger partial charge >= 0.3 is 0 Å². The molecule has 0 aromatic carbocycles. The van der Waals surface area contributed by atoms with Gasteiger partial charge in [0.15, 0.2) is 0 Å². The first kappa shape index (κ1) is 30.8. The number of carbonyl (C=O) groups excluding carboxylic acids is 3. The van der Waals surface area contributed by atoms with Crippen LogP contribution in [0.3, 0.4) is 0 Å². The second-order valence-corrected chi connectivity index (χ2v) is 12.5. The zero-order valence-corrected chi connectivity index (χ0v) is 24.4. The van der Waals surface area contributed by atoms with E-state index < -0.39 is 0 Å². The fraction of sp³-hybridized carbons (Fsp3) is 0.897. The molecule has 2 heterocycles. The van der Waals surface area contributed by atoms with E-state index in [-0.39, 0.29) is 29.6 Å². The van der Waals surface area contributed by atoms with Crippen molar-refractivity contribution in [2.24, 2.45) is 29.2 Å². The Labute approximate surface area is 230 Å². The first-order valence-electron chi connectivity index (χ1n) is 15.2. The number of nitrogens with two attached hydrogens (primary N) is 2. The second-order valence-electron chi connectivity index (χ2n) is 12.5. The maximum absolute atomic E-state index is 12.5. The van der Waals surface area contributed by atoms with E-state index >= 15 is 0 Å². The van der Waals surface area contributed by atoms with Gasteiger partial charge in [0.1, 0.15) is 0 Å². The molecule has 218 valence electrons. The summed E-state index contributed by atoms with van der Waals surface area (Å²) in [5.41, 5.74) is 11.2. The maximum atomic E-state index is 12.5. The van der Waals surface area contributed by atoms with Crippen LogP contribution in [0.25, 0.3) is 0 Å². The standard InChI is InChI=1S/C15H27N3O2.C14H27N3O/c1-11(2)17-7-9-18(10-8-17)15(20)13-5-3-12(4-6-13)14(16)19;1-11(2)16-7-9-17(10-8-16)14(18)12-3-5-13(15)6-4-12/h11-13H,3-10H2,1-2H3,(H2,16,19);11-13H,3-10,15H2,1-2H3. The third-order valence-corrected chi connectivity index (χ3v) is 9.31. The molecular weight excluding hydrogens is 480 g/mol. The fourth-order valence-corrected chi connectivity index (χ4v) is 6.42. The number of amides is 3. The molecule has 4 rings (SSSR count). The normalized spacial score (nSPS) is 29.7. The molecule has 9 nitrogen and oxygen atoms in total. The molecule has 2 aliphatic heterocycles. The lowest BCUT2D eigenvalue weighted by molar-refractivity contribution is -0.140. The molecule has 0 aromatic rings. The van der Waals surface area contributed by atoms with Crippen molar-refractivity contribution in [3.63, 3.8) is 0 Å². The lowest BCUT2D eigenvalue weighted by atomic mass is 9.81. The Morgan fingerprint density at radius 1 is 0.553 bits per heavy atom. The van der Waals surface area contributed by atoms with Gasteiger partial charge in [-0.3, -0.25) is 24.2 Å². The summed E-state index contributed by atoms with van der Waals surface area (Å²) in [6, 6.07) is 1.47. The van der Waals surface area contributed by atoms with Gasteiger partial charge in [0.05, 0.1) is 0 Å². The zero-order chi connectivity index (χ0) is 27.8. The molecule has 0 radical (unpaired) electrons. The van der Waals surface area contributed by atoms with E-state index in [0.29, 0.717) is 24.0 Å². The highest BCUT2D eigenvalue weighted by Gasteiger charge is 2.33. The van der Waals surface area contributed by atoms with Crippen molar-refractivity contribution < 1.29 is 14.4 Å². The Hall–Kier alpha value is -1.71. The van der Waals surface area contributed by atoms with Gasteiger partial charge in [0.2, 0.25) is 17.7 Å². The number of primary amides is 1. The third-order valence-electron chi connectivity index (χ3n) is 9.31. The largest absolute Gasteiger partial charge is 0.369 e. The van der Waals surface area contributed by atoms with Crippen LogP contribution < -0.4 is 11.5 Å². The van der Waals surface area contributed by atoms with E-state index in [2.05, 4.69) is 42.4 Å². The molecule has 0 unspecified atom stereocenters. The van der Waals surface area contributed by atoms with Gasteiger partial charge < -0.3 is 21.3 Å². The molecule has 0 bridgehead atoms. The number of hydrogen-bond acceptors (Lipinski definition) is 6. The summed E-state index contributed by atoms with van der Waals surface area (Å²) in [7, 11) is 0. The Morgan fingerprint density at radius 2 is 0.868 bits per heavy atom. The quantitative estimate of drug-likeness (QED) is 0.556. The van der Waals surface area contributed by atoms with Gasteiger partial charge in [-0.1, -0.05) is 0 Å². The summed E-state index contributed by atoms with van der Waals surface area (Å²) in [6.07, 6.45) is 7.20. The van der Waals surface area contributed by atoms with E-state index in [1.54, 1.807) is 0 Å². The van der Waals surface area contributed by atoms with Gasteiger partial charge in [-0.15, -0.1) is 0 Å². The molecule has 9 heteroatoms. The molecule has 0 atom stereocenters. The molecule has 4 N–H and O–H groups in total. The Kier molecular flexibility index (Phi) is 11.9. The topological polar surface area (TPSA) is 116 Å². The van der Waals surface area contributed by atoms with E-state index in [4.69, 9.17) is 11.5 Å². The molecular formula is C29H54N6O3. The molecule has 3 amide bonds. The zero-order valence-electron chi connectivity index (χ0n) is 24.4. The van der Waals surface area contributed by atoms with Crippen molar-refractivity contribution in [1.82, 2.24) is 19.6 Å². The molecule has 4 fully saturated rings. The minimum Gasteiger partial charge on any atom is -0.369 e. The van der Waals surface area contributed by atoms with Crippen LogP contribution in [0.1, 0.15) is 79.1 Å². The van der Waals surface area contributed by atoms with Crippen LogP contribution in [-0.2, 0) is 14.4 Å². The Balaban J connectivity index is 0.000000212. The first-order valence-corrected chi connectivity index (χ1v) is 15.2. The van der Waals surface area contributed by atoms with Crippen LogP contribution in [-0.4, -0.2) is 108 Å². The number of rotatable bonds is 5. The minimum absolute atomic E-state index is 0.0168. The summed E-state index contributed by atoms with van der Waals surface area (Å²) in [5, 5.41) is 0. The van der Waals surface area contributed by atoms with Crippen LogP contribution in [0.5, 0.6) is 0 Å². The van der Waals surface area contributed by atoms with E-state index in [9.17, 15) is 14.4 Å². The number of hydrogen-bond donors (Lipinski definition) is 2. The molecule has 38 heavy (non-hydrogen) atoms. The van der Waals surface area contributed by atoms with Crippen molar-refractivity contribution >= 4 is 17.7 Å². The summed E-state index contributed by atoms with van der Waals surface area (Å²) >= 11 is 0. The highest BCUT2D eigenvalue weighted by Crippen LogP contribution is 2.30. The maximum Gasteiger partial charge on any atom is 0.225 e. The van der Waals surface area contributed by atoms with Crippen LogP contribution >= 0.6 is 0 Å². The van der Waals surface area contributed by atoms with Gasteiger partial charge in [-0.2, -0.15) is 0 Å². The molecule has 0 spiro atoms. The first-order chi connectivity index (χ1) is 18.1. The van der Waals surface area contributed by atoms with E-state index in [1.807, 2.05) is 4.90 Å². The number of piperazine rings is 2. The SMILES string of the molecule is CC(C)N1CCN(C(=O)C2CCC(C(N)=O)CC2)CC1.CC(C)N1CCN(C(=O)C2CCC(N)CC2)CC1. The lowest BCUT2D eigenvalue weighted by Gasteiger charge is -2.39. The molecule has 4 aliphatic rings. The summed E-state index contributed by atoms with van der Waals surface area (Å²) in [5.74, 6) is 0.798. The molecule has 2 saturated heterocycles. The summed E-state index contributed by atoms with van der Waals surface area (Å²) in [4.78, 5) is 45.0. The average molecular weight is 535 g/mol. The minimum atomic E-state index is -0.207. The van der Waals surface area contributed by atoms with E-state index in [1.165, 1.54) is 0 Å². The molecule has 2 aliphatic carbocycles. The average Bonchev–Trinajstić information content (AvgIpc) is 2.93. The van der Waals surface area contributed by atoms with Crippen molar-refractivity contribution in [3.05, 3.63) is 0 Å². The molecule has 2 saturated carbocycles. The monoisotopic (exact) mass is 534 g/mol. The van der Waals surface area contributed by atoms with Gasteiger partial charge in [0, 0.05) is 88.2 Å². The Bertz CT molecular complexity index is 758. The summed E-state index contributed by atoms with van der Waals surface area (Å²) in [6.45, 7) is 16.3. The fourth-order valence-electron chi connectivity index (χ4n) is 6.42. The van der Waals surface area contributed by atoms with Crippen molar-refractivity contribution in [3.8, 4) is 0 Å². The van der Waals surface area contributed by atoms with Gasteiger partial charge in [-0.05, 0) is 79.1 Å². The van der Waals surface area contributed by atoms with Crippen molar-refractivity contribution in [2.75, 3.05) is 52.4 Å². The van der Waals surface area contributed by atoms with Crippen molar-refractivity contribution in [1.29, 1.82) is 0 Å². The molecule has 0 aromatic heterocycles. The highest BCUT2D eigenvalue weighted by atomic mass is 16.2. The smallest absolute Gasteiger partial charge is 0.225 e. The number of nitrogens with zero attached hydrogens (tertiary/aromatic N) is 4. The van der Waals surface area contributed by atoms with Crippen LogP contribution in [0.15, 0.2) is 0 Å². The highest BCUT2D eigenvalue weighted by molar-refractivity contribution is 5.80. The van der Waals surface area contributed by atoms with E-state index in [0.717, 1.165) is 104 Å². The predicted octanol–water partition coefficient (Wildman–Crippen LogP) is 1.89. The second kappa shape index (κ2) is 14.6. The van der Waals surface area contributed by atoms with Crippen LogP contribution in [0.2, 0.25) is 0 Å². The summed E-state index contributed by atoms with van der Waals surface area (Å²) < 4.78 is 0. The van der Waals surface area contributed by atoms with Gasteiger partial charge in [0.25, 0.3) is 0 Å². The lowest BCUT2D eigenvalue weighted by Crippen LogP contribution is -2.52.